The third-order valence-corrected chi connectivity index (χ3v) is 4.37. The Morgan fingerprint density at radius 1 is 1.35 bits per heavy atom. The summed E-state index contributed by atoms with van der Waals surface area (Å²) in [6.45, 7) is 4.18. The number of fused-ring (bicyclic) bond motifs is 1. The van der Waals surface area contributed by atoms with E-state index >= 15 is 0 Å². The van der Waals surface area contributed by atoms with Crippen LogP contribution in [0.4, 0.5) is 0 Å². The number of phenolic OH excluding ortho intramolecular Hbond substituents is 1. The number of hydrogen-bond donors (Lipinski definition) is 3. The zero-order valence-electron chi connectivity index (χ0n) is 10.5. The summed E-state index contributed by atoms with van der Waals surface area (Å²) in [5.41, 5.74) is 8.22. The molecule has 4 N–H and O–H groups in total. The van der Waals surface area contributed by atoms with Crippen LogP contribution in [0.15, 0.2) is 18.2 Å². The summed E-state index contributed by atoms with van der Waals surface area (Å²) in [4.78, 5) is 0. The fourth-order valence-corrected chi connectivity index (χ4v) is 3.21. The van der Waals surface area contributed by atoms with Crippen molar-refractivity contribution < 1.29 is 10.2 Å². The summed E-state index contributed by atoms with van der Waals surface area (Å²) >= 11 is 0. The first-order chi connectivity index (χ1) is 8.05. The molecule has 1 aromatic rings. The number of phenols is 1. The first-order valence-corrected chi connectivity index (χ1v) is 6.31. The minimum atomic E-state index is -0.494. The molecule has 3 heteroatoms. The minimum absolute atomic E-state index is 0.217. The molecule has 0 radical (unpaired) electrons. The highest BCUT2D eigenvalue weighted by atomic mass is 16.3. The molecule has 0 fully saturated rings. The molecule has 0 bridgehead atoms. The molecule has 1 aliphatic carbocycles. The van der Waals surface area contributed by atoms with E-state index in [1.165, 1.54) is 0 Å². The Balaban J connectivity index is 2.62. The quantitative estimate of drug-likeness (QED) is 0.731. The molecular formula is C14H21NO2. The van der Waals surface area contributed by atoms with E-state index in [1.807, 2.05) is 12.1 Å². The highest BCUT2D eigenvalue weighted by molar-refractivity contribution is 5.44. The Labute approximate surface area is 102 Å². The maximum atomic E-state index is 10.1. The lowest BCUT2D eigenvalue weighted by molar-refractivity contribution is 0.0851. The van der Waals surface area contributed by atoms with E-state index in [-0.39, 0.29) is 17.2 Å². The number of aliphatic hydroxyl groups is 1. The van der Waals surface area contributed by atoms with E-state index in [9.17, 15) is 10.2 Å². The van der Waals surface area contributed by atoms with Crippen LogP contribution in [-0.4, -0.2) is 22.4 Å². The van der Waals surface area contributed by atoms with Gasteiger partial charge in [-0.1, -0.05) is 19.9 Å². The Morgan fingerprint density at radius 2 is 2.00 bits per heavy atom. The van der Waals surface area contributed by atoms with Crippen molar-refractivity contribution in [1.29, 1.82) is 0 Å². The SMILES string of the molecule is CCC1(CC)c2cc(O)ccc2CC(O)C1N. The van der Waals surface area contributed by atoms with Gasteiger partial charge in [-0.2, -0.15) is 0 Å². The van der Waals surface area contributed by atoms with Gasteiger partial charge >= 0.3 is 0 Å². The van der Waals surface area contributed by atoms with Crippen molar-refractivity contribution in [1.82, 2.24) is 0 Å². The van der Waals surface area contributed by atoms with Gasteiger partial charge in [0.25, 0.3) is 0 Å². The molecule has 1 aliphatic rings. The maximum Gasteiger partial charge on any atom is 0.115 e. The summed E-state index contributed by atoms with van der Waals surface area (Å²) in [5.74, 6) is 0.276. The Morgan fingerprint density at radius 3 is 2.59 bits per heavy atom. The zero-order chi connectivity index (χ0) is 12.6. The molecule has 94 valence electrons. The van der Waals surface area contributed by atoms with Gasteiger partial charge in [0.15, 0.2) is 0 Å². The lowest BCUT2D eigenvalue weighted by Crippen LogP contribution is -2.56. The van der Waals surface area contributed by atoms with Crippen LogP contribution in [-0.2, 0) is 11.8 Å². The molecule has 3 nitrogen and oxygen atoms in total. The fraction of sp³-hybridized carbons (Fsp3) is 0.571. The summed E-state index contributed by atoms with van der Waals surface area (Å²) in [7, 11) is 0. The zero-order valence-corrected chi connectivity index (χ0v) is 10.5. The van der Waals surface area contributed by atoms with Crippen LogP contribution in [0.1, 0.15) is 37.8 Å². The van der Waals surface area contributed by atoms with Gasteiger partial charge in [0, 0.05) is 17.9 Å². The van der Waals surface area contributed by atoms with Gasteiger partial charge in [0.2, 0.25) is 0 Å². The van der Waals surface area contributed by atoms with Crippen LogP contribution in [0.2, 0.25) is 0 Å². The van der Waals surface area contributed by atoms with Crippen molar-refractivity contribution in [3.63, 3.8) is 0 Å². The first kappa shape index (κ1) is 12.4. The van der Waals surface area contributed by atoms with Crippen molar-refractivity contribution in [3.8, 4) is 5.75 Å². The number of rotatable bonds is 2. The molecular weight excluding hydrogens is 214 g/mol. The van der Waals surface area contributed by atoms with Crippen molar-refractivity contribution in [2.24, 2.45) is 5.73 Å². The first-order valence-electron chi connectivity index (χ1n) is 6.31. The molecule has 0 saturated carbocycles. The summed E-state index contributed by atoms with van der Waals surface area (Å²) in [5, 5.41) is 19.8. The number of hydrogen-bond acceptors (Lipinski definition) is 3. The van der Waals surface area contributed by atoms with Crippen molar-refractivity contribution in [2.45, 2.75) is 50.7 Å². The number of benzene rings is 1. The van der Waals surface area contributed by atoms with E-state index in [1.54, 1.807) is 6.07 Å². The number of aromatic hydroxyl groups is 1. The van der Waals surface area contributed by atoms with Crippen LogP contribution in [0.3, 0.4) is 0 Å². The molecule has 0 spiro atoms. The summed E-state index contributed by atoms with van der Waals surface area (Å²) < 4.78 is 0. The molecule has 0 saturated heterocycles. The maximum absolute atomic E-state index is 10.1. The lowest BCUT2D eigenvalue weighted by Gasteiger charge is -2.45. The van der Waals surface area contributed by atoms with E-state index in [2.05, 4.69) is 13.8 Å². The third-order valence-electron chi connectivity index (χ3n) is 4.37. The van der Waals surface area contributed by atoms with Crippen molar-refractivity contribution in [2.75, 3.05) is 0 Å². The molecule has 2 atom stereocenters. The predicted molar refractivity (Wildman–Crippen MR) is 68.1 cm³/mol. The van der Waals surface area contributed by atoms with Gasteiger partial charge in [-0.3, -0.25) is 0 Å². The average Bonchev–Trinajstić information content (AvgIpc) is 2.33. The lowest BCUT2D eigenvalue weighted by atomic mass is 9.63. The minimum Gasteiger partial charge on any atom is -0.508 e. The van der Waals surface area contributed by atoms with Crippen LogP contribution in [0, 0.1) is 0 Å². The second kappa shape index (κ2) is 4.31. The average molecular weight is 235 g/mol. The second-order valence-corrected chi connectivity index (χ2v) is 5.00. The molecule has 2 unspecified atom stereocenters. The molecule has 1 aromatic carbocycles. The topological polar surface area (TPSA) is 66.5 Å². The van der Waals surface area contributed by atoms with Gasteiger partial charge in [0.1, 0.15) is 5.75 Å². The molecule has 2 rings (SSSR count). The summed E-state index contributed by atoms with van der Waals surface area (Å²) in [6, 6.07) is 5.14. The van der Waals surface area contributed by atoms with Gasteiger partial charge < -0.3 is 15.9 Å². The monoisotopic (exact) mass is 235 g/mol. The van der Waals surface area contributed by atoms with Gasteiger partial charge in [-0.15, -0.1) is 0 Å². The highest BCUT2D eigenvalue weighted by Crippen LogP contribution is 2.43. The Kier molecular flexibility index (Phi) is 3.15. The van der Waals surface area contributed by atoms with E-state index in [0.717, 1.165) is 24.0 Å². The smallest absolute Gasteiger partial charge is 0.115 e. The van der Waals surface area contributed by atoms with Gasteiger partial charge in [-0.05, 0) is 36.1 Å². The van der Waals surface area contributed by atoms with Gasteiger partial charge in [-0.25, -0.2) is 0 Å². The number of aliphatic hydroxyl groups excluding tert-OH is 1. The van der Waals surface area contributed by atoms with Crippen LogP contribution in [0.25, 0.3) is 0 Å². The molecule has 0 aromatic heterocycles. The van der Waals surface area contributed by atoms with E-state index < -0.39 is 6.10 Å². The predicted octanol–water partition coefficient (Wildman–Crippen LogP) is 1.69. The van der Waals surface area contributed by atoms with E-state index in [4.69, 9.17) is 5.73 Å². The van der Waals surface area contributed by atoms with Crippen molar-refractivity contribution in [3.05, 3.63) is 29.3 Å². The molecule has 0 heterocycles. The van der Waals surface area contributed by atoms with Crippen LogP contribution >= 0.6 is 0 Å². The highest BCUT2D eigenvalue weighted by Gasteiger charge is 2.44. The van der Waals surface area contributed by atoms with Crippen LogP contribution < -0.4 is 5.73 Å². The largest absolute Gasteiger partial charge is 0.508 e. The molecule has 0 amide bonds. The van der Waals surface area contributed by atoms with Gasteiger partial charge in [0.05, 0.1) is 6.10 Å². The summed E-state index contributed by atoms with van der Waals surface area (Å²) in [6.07, 6.45) is 1.83. The number of nitrogens with two attached hydrogens (primary N) is 1. The fourth-order valence-electron chi connectivity index (χ4n) is 3.21. The second-order valence-electron chi connectivity index (χ2n) is 5.00. The molecule has 17 heavy (non-hydrogen) atoms. The molecule has 0 aliphatic heterocycles. The standard InChI is InChI=1S/C14H21NO2/c1-3-14(4-2)11-8-10(16)6-5-9(11)7-12(17)13(14)15/h5-6,8,12-13,16-17H,3-4,7,15H2,1-2H3. The van der Waals surface area contributed by atoms with E-state index in [0.29, 0.717) is 6.42 Å². The Hall–Kier alpha value is -1.06. The normalized spacial score (nSPS) is 26.6. The third kappa shape index (κ3) is 1.74. The Bertz CT molecular complexity index is 413. The van der Waals surface area contributed by atoms with Crippen LogP contribution in [0.5, 0.6) is 5.75 Å². The van der Waals surface area contributed by atoms with Crippen molar-refractivity contribution >= 4 is 0 Å².